The SMILES string of the molecule is COc1cccc(-c2nc3sccn3c2-c2ccnc(N[C@@H]3CCCN(S(=O)(=O)c4cccc(OC)c4)C3)n2)c1. The molecule has 1 atom stereocenters. The van der Waals surface area contributed by atoms with Crippen LogP contribution in [-0.4, -0.2) is 65.4 Å². The standard InChI is InChI=1S/C28H28N6O4S2/c1-37-21-8-3-6-19(16-21)25-26(34-14-15-39-28(34)32-25)24-11-12-29-27(31-24)30-20-7-5-13-33(18-20)40(35,36)23-10-4-9-22(17-23)38-2/h3-4,6,8-12,14-17,20H,5,7,13,18H2,1-2H3,(H,29,30,31)/t20-/m1/s1. The molecule has 0 radical (unpaired) electrons. The first-order valence-corrected chi connectivity index (χ1v) is 15.1. The third kappa shape index (κ3) is 5.01. The molecular weight excluding hydrogens is 548 g/mol. The first kappa shape index (κ1) is 26.2. The number of aromatic nitrogens is 4. The Labute approximate surface area is 236 Å². The second-order valence-electron chi connectivity index (χ2n) is 9.39. The number of thiazole rings is 1. The Morgan fingerprint density at radius 2 is 1.82 bits per heavy atom. The van der Waals surface area contributed by atoms with Gasteiger partial charge in [-0.25, -0.2) is 23.4 Å². The van der Waals surface area contributed by atoms with Crippen LogP contribution in [0, 0.1) is 0 Å². The minimum absolute atomic E-state index is 0.145. The van der Waals surface area contributed by atoms with Crippen LogP contribution in [0.1, 0.15) is 12.8 Å². The van der Waals surface area contributed by atoms with E-state index in [0.717, 1.165) is 40.5 Å². The topological polar surface area (TPSA) is 111 Å². The van der Waals surface area contributed by atoms with Gasteiger partial charge >= 0.3 is 0 Å². The van der Waals surface area contributed by atoms with Crippen molar-refractivity contribution in [2.24, 2.45) is 0 Å². The summed E-state index contributed by atoms with van der Waals surface area (Å²) in [6.45, 7) is 0.762. The van der Waals surface area contributed by atoms with Crippen molar-refractivity contribution in [2.45, 2.75) is 23.8 Å². The van der Waals surface area contributed by atoms with E-state index >= 15 is 0 Å². The molecule has 0 saturated carbocycles. The van der Waals surface area contributed by atoms with Crippen molar-refractivity contribution in [1.29, 1.82) is 0 Å². The summed E-state index contributed by atoms with van der Waals surface area (Å²) < 4.78 is 40.9. The molecule has 10 nitrogen and oxygen atoms in total. The molecule has 2 aromatic carbocycles. The Hall–Kier alpha value is -4.00. The van der Waals surface area contributed by atoms with Crippen LogP contribution in [0.15, 0.2) is 77.3 Å². The van der Waals surface area contributed by atoms with Gasteiger partial charge < -0.3 is 14.8 Å². The van der Waals surface area contributed by atoms with Crippen molar-refractivity contribution in [3.05, 3.63) is 72.4 Å². The van der Waals surface area contributed by atoms with Crippen molar-refractivity contribution < 1.29 is 17.9 Å². The van der Waals surface area contributed by atoms with Gasteiger partial charge in [0, 0.05) is 48.5 Å². The molecule has 4 heterocycles. The molecule has 1 saturated heterocycles. The zero-order valence-corrected chi connectivity index (χ0v) is 23.7. The number of nitrogens with one attached hydrogen (secondary N) is 1. The maximum absolute atomic E-state index is 13.4. The Balaban J connectivity index is 1.27. The predicted molar refractivity (Wildman–Crippen MR) is 154 cm³/mol. The zero-order valence-electron chi connectivity index (χ0n) is 22.0. The summed E-state index contributed by atoms with van der Waals surface area (Å²) in [6, 6.07) is 16.1. The first-order chi connectivity index (χ1) is 19.5. The fraction of sp³-hybridized carbons (Fsp3) is 0.250. The molecule has 0 aliphatic carbocycles. The van der Waals surface area contributed by atoms with Crippen LogP contribution in [0.2, 0.25) is 0 Å². The quantitative estimate of drug-likeness (QED) is 0.280. The van der Waals surface area contributed by atoms with Gasteiger partial charge in [0.25, 0.3) is 0 Å². The van der Waals surface area contributed by atoms with Crippen LogP contribution in [0.25, 0.3) is 27.6 Å². The predicted octanol–water partition coefficient (Wildman–Crippen LogP) is 4.80. The van der Waals surface area contributed by atoms with E-state index in [4.69, 9.17) is 19.4 Å². The number of sulfonamides is 1. The lowest BCUT2D eigenvalue weighted by atomic mass is 10.1. The average Bonchev–Trinajstić information content (AvgIpc) is 3.59. The number of ether oxygens (including phenoxy) is 2. The molecular formula is C28H28N6O4S2. The van der Waals surface area contributed by atoms with Crippen molar-refractivity contribution in [3.63, 3.8) is 0 Å². The van der Waals surface area contributed by atoms with E-state index in [0.29, 0.717) is 30.5 Å². The second kappa shape index (κ2) is 10.9. The van der Waals surface area contributed by atoms with E-state index in [1.54, 1.807) is 48.9 Å². The van der Waals surface area contributed by atoms with E-state index in [-0.39, 0.29) is 10.9 Å². The molecule has 12 heteroatoms. The maximum Gasteiger partial charge on any atom is 0.243 e. The van der Waals surface area contributed by atoms with Crippen LogP contribution in [0.3, 0.4) is 0 Å². The van der Waals surface area contributed by atoms with Gasteiger partial charge in [-0.2, -0.15) is 4.31 Å². The molecule has 40 heavy (non-hydrogen) atoms. The Kier molecular flexibility index (Phi) is 7.13. The second-order valence-corrected chi connectivity index (χ2v) is 12.2. The summed E-state index contributed by atoms with van der Waals surface area (Å²) in [5, 5.41) is 5.37. The minimum atomic E-state index is -3.67. The van der Waals surface area contributed by atoms with E-state index in [2.05, 4.69) is 10.3 Å². The van der Waals surface area contributed by atoms with Crippen molar-refractivity contribution >= 4 is 32.3 Å². The molecule has 1 fully saturated rings. The number of nitrogens with zero attached hydrogens (tertiary/aromatic N) is 5. The smallest absolute Gasteiger partial charge is 0.243 e. The lowest BCUT2D eigenvalue weighted by molar-refractivity contribution is 0.326. The van der Waals surface area contributed by atoms with Gasteiger partial charge in [-0.3, -0.25) is 4.40 Å². The summed E-state index contributed by atoms with van der Waals surface area (Å²) >= 11 is 1.55. The number of benzene rings is 2. The van der Waals surface area contributed by atoms with Crippen molar-refractivity contribution in [2.75, 3.05) is 32.6 Å². The van der Waals surface area contributed by atoms with E-state index in [9.17, 15) is 8.42 Å². The first-order valence-electron chi connectivity index (χ1n) is 12.8. The normalized spacial score (nSPS) is 16.2. The van der Waals surface area contributed by atoms with Gasteiger partial charge in [0.2, 0.25) is 16.0 Å². The maximum atomic E-state index is 13.4. The largest absolute Gasteiger partial charge is 0.497 e. The fourth-order valence-corrected chi connectivity index (χ4v) is 7.21. The molecule has 0 spiro atoms. The Bertz CT molecular complexity index is 1770. The molecule has 1 aliphatic heterocycles. The fourth-order valence-electron chi connectivity index (χ4n) is 4.93. The summed E-state index contributed by atoms with van der Waals surface area (Å²) in [6.07, 6.45) is 5.20. The Morgan fingerprint density at radius 1 is 1.02 bits per heavy atom. The number of methoxy groups -OCH3 is 2. The summed E-state index contributed by atoms with van der Waals surface area (Å²) in [7, 11) is -0.509. The van der Waals surface area contributed by atoms with Crippen molar-refractivity contribution in [1.82, 2.24) is 23.7 Å². The van der Waals surface area contributed by atoms with Crippen LogP contribution < -0.4 is 14.8 Å². The highest BCUT2D eigenvalue weighted by molar-refractivity contribution is 7.89. The van der Waals surface area contributed by atoms with E-state index in [1.165, 1.54) is 11.4 Å². The summed E-state index contributed by atoms with van der Waals surface area (Å²) in [4.78, 5) is 15.2. The number of anilines is 1. The van der Waals surface area contributed by atoms with Crippen molar-refractivity contribution in [3.8, 4) is 34.1 Å². The third-order valence-electron chi connectivity index (χ3n) is 6.90. The van der Waals surface area contributed by atoms with E-state index < -0.39 is 10.0 Å². The molecule has 0 unspecified atom stereocenters. The highest BCUT2D eigenvalue weighted by Gasteiger charge is 2.31. The summed E-state index contributed by atoms with van der Waals surface area (Å²) in [5.74, 6) is 1.69. The number of rotatable bonds is 8. The highest BCUT2D eigenvalue weighted by Crippen LogP contribution is 2.35. The number of fused-ring (bicyclic) bond motifs is 1. The van der Waals surface area contributed by atoms with Gasteiger partial charge in [-0.1, -0.05) is 18.2 Å². The van der Waals surface area contributed by atoms with Gasteiger partial charge in [0.1, 0.15) is 17.2 Å². The third-order valence-corrected chi connectivity index (χ3v) is 9.52. The van der Waals surface area contributed by atoms with E-state index in [1.807, 2.05) is 46.3 Å². The molecule has 6 rings (SSSR count). The van der Waals surface area contributed by atoms with Crippen LogP contribution in [-0.2, 0) is 10.0 Å². The average molecular weight is 577 g/mol. The molecule has 1 aliphatic rings. The number of hydrogen-bond donors (Lipinski definition) is 1. The van der Waals surface area contributed by atoms with Gasteiger partial charge in [-0.05, 0) is 43.2 Å². The molecule has 1 N–H and O–H groups in total. The molecule has 5 aromatic rings. The minimum Gasteiger partial charge on any atom is -0.497 e. The number of imidazole rings is 1. The van der Waals surface area contributed by atoms with Crippen LogP contribution >= 0.6 is 11.3 Å². The lowest BCUT2D eigenvalue weighted by Crippen LogP contribution is -2.45. The molecule has 0 amide bonds. The van der Waals surface area contributed by atoms with Gasteiger partial charge in [0.15, 0.2) is 4.96 Å². The molecule has 206 valence electrons. The number of piperidine rings is 1. The lowest BCUT2D eigenvalue weighted by Gasteiger charge is -2.32. The zero-order chi connectivity index (χ0) is 27.7. The van der Waals surface area contributed by atoms with Gasteiger partial charge in [0.05, 0.1) is 30.5 Å². The van der Waals surface area contributed by atoms with Gasteiger partial charge in [-0.15, -0.1) is 11.3 Å². The summed E-state index contributed by atoms with van der Waals surface area (Å²) in [5.41, 5.74) is 3.27. The number of hydrogen-bond acceptors (Lipinski definition) is 9. The van der Waals surface area contributed by atoms with Crippen LogP contribution in [0.4, 0.5) is 5.95 Å². The monoisotopic (exact) mass is 576 g/mol. The molecule has 0 bridgehead atoms. The van der Waals surface area contributed by atoms with Crippen LogP contribution in [0.5, 0.6) is 11.5 Å². The Morgan fingerprint density at radius 3 is 2.65 bits per heavy atom. The molecule has 3 aromatic heterocycles. The highest BCUT2D eigenvalue weighted by atomic mass is 32.2.